The summed E-state index contributed by atoms with van der Waals surface area (Å²) >= 11 is 0. The number of amides is 1. The van der Waals surface area contributed by atoms with Crippen LogP contribution in [0.15, 0.2) is 28.8 Å². The van der Waals surface area contributed by atoms with Gasteiger partial charge in [0, 0.05) is 36.1 Å². The molecule has 1 aromatic carbocycles. The first-order valence-electron chi connectivity index (χ1n) is 9.61. The highest BCUT2D eigenvalue weighted by atomic mass is 35.5. The van der Waals surface area contributed by atoms with Crippen LogP contribution < -0.4 is 10.6 Å². The van der Waals surface area contributed by atoms with Crippen LogP contribution in [0.3, 0.4) is 0 Å². The fourth-order valence-corrected chi connectivity index (χ4v) is 3.63. The maximum Gasteiger partial charge on any atom is 0.257 e. The second kappa shape index (κ2) is 9.03. The van der Waals surface area contributed by atoms with Crippen LogP contribution in [0.5, 0.6) is 0 Å². The summed E-state index contributed by atoms with van der Waals surface area (Å²) in [5.74, 6) is 1.69. The van der Waals surface area contributed by atoms with Gasteiger partial charge in [-0.15, -0.1) is 12.4 Å². The highest BCUT2D eigenvalue weighted by Gasteiger charge is 2.32. The summed E-state index contributed by atoms with van der Waals surface area (Å²) in [4.78, 5) is 17.0. The molecule has 2 N–H and O–H groups in total. The standard InChI is InChI=1S/C20H26N4O3.ClH/c1-26-13-20(8-10-21-11-9-20)12-22-18(25)15-4-6-16(7-5-15)19-23-17(24-27-19)14-2-3-14;/h4-7,14,21H,2-3,8-13H2,1H3,(H,22,25);1H. The van der Waals surface area contributed by atoms with Crippen LogP contribution in [0.4, 0.5) is 0 Å². The molecule has 1 aromatic heterocycles. The summed E-state index contributed by atoms with van der Waals surface area (Å²) in [6.07, 6.45) is 4.28. The zero-order valence-electron chi connectivity index (χ0n) is 16.1. The van der Waals surface area contributed by atoms with Gasteiger partial charge in [-0.05, 0) is 63.0 Å². The molecular weight excluding hydrogens is 380 g/mol. The largest absolute Gasteiger partial charge is 0.384 e. The lowest BCUT2D eigenvalue weighted by Crippen LogP contribution is -2.47. The van der Waals surface area contributed by atoms with Crippen molar-refractivity contribution in [3.63, 3.8) is 0 Å². The Hall–Kier alpha value is -1.96. The number of carbonyl (C=O) groups excluding carboxylic acids is 1. The number of nitrogens with zero attached hydrogens (tertiary/aromatic N) is 2. The van der Waals surface area contributed by atoms with Crippen molar-refractivity contribution in [2.45, 2.75) is 31.6 Å². The summed E-state index contributed by atoms with van der Waals surface area (Å²) in [7, 11) is 1.72. The van der Waals surface area contributed by atoms with Crippen molar-refractivity contribution in [1.29, 1.82) is 0 Å². The Bertz CT molecular complexity index is 777. The summed E-state index contributed by atoms with van der Waals surface area (Å²) < 4.78 is 10.7. The van der Waals surface area contributed by atoms with Gasteiger partial charge in [-0.2, -0.15) is 4.98 Å². The van der Waals surface area contributed by atoms with Crippen LogP contribution in [-0.2, 0) is 4.74 Å². The normalized spacial score (nSPS) is 18.3. The van der Waals surface area contributed by atoms with E-state index < -0.39 is 0 Å². The second-order valence-electron chi connectivity index (χ2n) is 7.68. The molecule has 8 heteroatoms. The minimum absolute atomic E-state index is 0. The van der Waals surface area contributed by atoms with Crippen LogP contribution in [0.25, 0.3) is 11.5 Å². The molecule has 1 saturated carbocycles. The van der Waals surface area contributed by atoms with Crippen molar-refractivity contribution in [2.24, 2.45) is 5.41 Å². The average molecular weight is 407 g/mol. The predicted molar refractivity (Wildman–Crippen MR) is 108 cm³/mol. The van der Waals surface area contributed by atoms with E-state index >= 15 is 0 Å². The van der Waals surface area contributed by atoms with Crippen molar-refractivity contribution in [3.05, 3.63) is 35.7 Å². The molecule has 4 rings (SSSR count). The van der Waals surface area contributed by atoms with Crippen molar-refractivity contribution >= 4 is 18.3 Å². The molecule has 7 nitrogen and oxygen atoms in total. The smallest absolute Gasteiger partial charge is 0.257 e. The van der Waals surface area contributed by atoms with Crippen LogP contribution in [-0.4, -0.2) is 49.4 Å². The lowest BCUT2D eigenvalue weighted by atomic mass is 9.79. The van der Waals surface area contributed by atoms with E-state index in [2.05, 4.69) is 20.8 Å². The molecule has 2 fully saturated rings. The quantitative estimate of drug-likeness (QED) is 0.734. The first-order valence-corrected chi connectivity index (χ1v) is 9.61. The third-order valence-electron chi connectivity index (χ3n) is 5.52. The van der Waals surface area contributed by atoms with Gasteiger partial charge in [0.15, 0.2) is 5.82 Å². The predicted octanol–water partition coefficient (Wildman–Crippen LogP) is 2.78. The minimum Gasteiger partial charge on any atom is -0.384 e. The summed E-state index contributed by atoms with van der Waals surface area (Å²) in [5, 5.41) is 10.5. The number of rotatable bonds is 7. The van der Waals surface area contributed by atoms with Crippen LogP contribution in [0.2, 0.25) is 0 Å². The maximum absolute atomic E-state index is 12.6. The Morgan fingerprint density at radius 1 is 1.29 bits per heavy atom. The molecule has 2 aromatic rings. The van der Waals surface area contributed by atoms with Gasteiger partial charge in [0.25, 0.3) is 11.8 Å². The van der Waals surface area contributed by atoms with Gasteiger partial charge in [-0.1, -0.05) is 5.16 Å². The van der Waals surface area contributed by atoms with Crippen molar-refractivity contribution < 1.29 is 14.1 Å². The molecule has 0 unspecified atom stereocenters. The molecule has 1 aliphatic heterocycles. The maximum atomic E-state index is 12.6. The highest BCUT2D eigenvalue weighted by Crippen LogP contribution is 2.38. The molecule has 0 radical (unpaired) electrons. The third kappa shape index (κ3) is 4.71. The van der Waals surface area contributed by atoms with E-state index in [0.717, 1.165) is 50.2 Å². The fourth-order valence-electron chi connectivity index (χ4n) is 3.63. The molecule has 1 saturated heterocycles. The van der Waals surface area contributed by atoms with Crippen molar-refractivity contribution in [2.75, 3.05) is 33.4 Å². The monoisotopic (exact) mass is 406 g/mol. The summed E-state index contributed by atoms with van der Waals surface area (Å²) in [5.41, 5.74) is 1.47. The molecule has 1 amide bonds. The van der Waals surface area contributed by atoms with Gasteiger partial charge in [-0.25, -0.2) is 0 Å². The minimum atomic E-state index is -0.0697. The molecule has 1 aliphatic carbocycles. The van der Waals surface area contributed by atoms with E-state index in [1.165, 1.54) is 0 Å². The molecule has 0 atom stereocenters. The molecule has 0 spiro atoms. The number of benzene rings is 1. The number of methoxy groups -OCH3 is 1. The van der Waals surface area contributed by atoms with Gasteiger partial charge in [0.05, 0.1) is 6.61 Å². The number of carbonyl (C=O) groups is 1. The number of piperidine rings is 1. The van der Waals surface area contributed by atoms with Gasteiger partial charge in [-0.3, -0.25) is 4.79 Å². The van der Waals surface area contributed by atoms with E-state index in [0.29, 0.717) is 30.5 Å². The Balaban J connectivity index is 0.00000225. The SMILES string of the molecule is COCC1(CNC(=O)c2ccc(-c3nc(C4CC4)no3)cc2)CCNCC1.Cl. The van der Waals surface area contributed by atoms with E-state index in [9.17, 15) is 4.79 Å². The molecule has 2 heterocycles. The van der Waals surface area contributed by atoms with Crippen molar-refractivity contribution in [1.82, 2.24) is 20.8 Å². The number of hydrogen-bond acceptors (Lipinski definition) is 6. The number of ether oxygens (including phenoxy) is 1. The summed E-state index contributed by atoms with van der Waals surface area (Å²) in [6.45, 7) is 3.20. The highest BCUT2D eigenvalue weighted by molar-refractivity contribution is 5.94. The van der Waals surface area contributed by atoms with Gasteiger partial charge < -0.3 is 19.9 Å². The third-order valence-corrected chi connectivity index (χ3v) is 5.52. The van der Waals surface area contributed by atoms with E-state index in [-0.39, 0.29) is 23.7 Å². The molecule has 2 aliphatic rings. The Labute approximate surface area is 171 Å². The van der Waals surface area contributed by atoms with Gasteiger partial charge in [0.2, 0.25) is 0 Å². The Morgan fingerprint density at radius 2 is 2.00 bits per heavy atom. The topological polar surface area (TPSA) is 89.3 Å². The Kier molecular flexibility index (Phi) is 6.69. The number of halogens is 1. The molecular formula is C20H27ClN4O3. The molecule has 152 valence electrons. The average Bonchev–Trinajstić information content (AvgIpc) is 3.44. The summed E-state index contributed by atoms with van der Waals surface area (Å²) in [6, 6.07) is 7.32. The number of aromatic nitrogens is 2. The van der Waals surface area contributed by atoms with Crippen LogP contribution in [0.1, 0.15) is 47.8 Å². The van der Waals surface area contributed by atoms with E-state index in [1.807, 2.05) is 12.1 Å². The molecule has 0 bridgehead atoms. The van der Waals surface area contributed by atoms with E-state index in [4.69, 9.17) is 9.26 Å². The first kappa shape index (κ1) is 20.8. The first-order chi connectivity index (χ1) is 13.2. The second-order valence-corrected chi connectivity index (χ2v) is 7.68. The zero-order chi connectivity index (χ0) is 18.7. The van der Waals surface area contributed by atoms with Gasteiger partial charge >= 0.3 is 0 Å². The van der Waals surface area contributed by atoms with Gasteiger partial charge in [0.1, 0.15) is 0 Å². The molecule has 28 heavy (non-hydrogen) atoms. The van der Waals surface area contributed by atoms with E-state index in [1.54, 1.807) is 19.2 Å². The lowest BCUT2D eigenvalue weighted by molar-refractivity contribution is 0.0512. The lowest BCUT2D eigenvalue weighted by Gasteiger charge is -2.37. The fraction of sp³-hybridized carbons (Fsp3) is 0.550. The Morgan fingerprint density at radius 3 is 2.64 bits per heavy atom. The van der Waals surface area contributed by atoms with Crippen molar-refractivity contribution in [3.8, 4) is 11.5 Å². The number of nitrogens with one attached hydrogen (secondary N) is 2. The van der Waals surface area contributed by atoms with Crippen LogP contribution >= 0.6 is 12.4 Å². The number of hydrogen-bond donors (Lipinski definition) is 2. The zero-order valence-corrected chi connectivity index (χ0v) is 16.9. The van der Waals surface area contributed by atoms with Crippen LogP contribution in [0, 0.1) is 5.41 Å².